The molecule has 0 fully saturated rings. The first-order valence-corrected chi connectivity index (χ1v) is 6.15. The molecule has 1 atom stereocenters. The van der Waals surface area contributed by atoms with E-state index in [9.17, 15) is 4.79 Å². The number of nitrogens with one attached hydrogen (secondary N) is 1. The molecule has 2 rings (SSSR count). The maximum absolute atomic E-state index is 11.8. The highest BCUT2D eigenvalue weighted by molar-refractivity contribution is 5.93. The molecule has 100 valence electrons. The lowest BCUT2D eigenvalue weighted by Gasteiger charge is -2.07. The monoisotopic (exact) mass is 259 g/mol. The standard InChI is InChI=1S/C13H17N5O/c1-10(14)4-5-16-13(19)11-2-3-12(17-8-11)18-7-6-15-9-18/h2-3,6-10H,4-5,14H2,1H3,(H,16,19). The first kappa shape index (κ1) is 13.2. The van der Waals surface area contributed by atoms with E-state index in [4.69, 9.17) is 5.73 Å². The molecule has 3 N–H and O–H groups in total. The minimum Gasteiger partial charge on any atom is -0.352 e. The van der Waals surface area contributed by atoms with Crippen LogP contribution in [0.4, 0.5) is 0 Å². The number of imidazole rings is 1. The maximum Gasteiger partial charge on any atom is 0.252 e. The van der Waals surface area contributed by atoms with Crippen molar-refractivity contribution in [3.05, 3.63) is 42.6 Å². The fourth-order valence-corrected chi connectivity index (χ4v) is 1.58. The normalized spacial score (nSPS) is 12.1. The van der Waals surface area contributed by atoms with Crippen LogP contribution in [0.2, 0.25) is 0 Å². The Bertz CT molecular complexity index is 518. The second-order valence-corrected chi connectivity index (χ2v) is 4.40. The molecule has 0 saturated carbocycles. The van der Waals surface area contributed by atoms with E-state index in [1.165, 1.54) is 0 Å². The molecule has 2 aromatic heterocycles. The van der Waals surface area contributed by atoms with Crippen molar-refractivity contribution >= 4 is 5.91 Å². The van der Waals surface area contributed by atoms with Gasteiger partial charge in [-0.2, -0.15) is 0 Å². The lowest BCUT2D eigenvalue weighted by atomic mass is 10.2. The van der Waals surface area contributed by atoms with E-state index in [-0.39, 0.29) is 11.9 Å². The van der Waals surface area contributed by atoms with Crippen LogP contribution in [0.5, 0.6) is 0 Å². The van der Waals surface area contributed by atoms with Gasteiger partial charge in [-0.3, -0.25) is 9.36 Å². The third-order valence-corrected chi connectivity index (χ3v) is 2.66. The molecule has 0 saturated heterocycles. The number of amides is 1. The van der Waals surface area contributed by atoms with Gasteiger partial charge in [-0.25, -0.2) is 9.97 Å². The van der Waals surface area contributed by atoms with E-state index in [1.807, 2.05) is 6.92 Å². The zero-order chi connectivity index (χ0) is 13.7. The number of hydrogen-bond donors (Lipinski definition) is 2. The zero-order valence-electron chi connectivity index (χ0n) is 10.8. The summed E-state index contributed by atoms with van der Waals surface area (Å²) in [7, 11) is 0. The van der Waals surface area contributed by atoms with Gasteiger partial charge in [0.05, 0.1) is 5.56 Å². The highest BCUT2D eigenvalue weighted by atomic mass is 16.1. The number of pyridine rings is 1. The molecule has 1 unspecified atom stereocenters. The number of carbonyl (C=O) groups is 1. The summed E-state index contributed by atoms with van der Waals surface area (Å²) in [6, 6.07) is 3.60. The molecule has 2 heterocycles. The molecule has 0 aromatic carbocycles. The molecule has 0 aliphatic carbocycles. The van der Waals surface area contributed by atoms with Crippen molar-refractivity contribution in [2.45, 2.75) is 19.4 Å². The Labute approximate surface area is 111 Å². The van der Waals surface area contributed by atoms with Crippen LogP contribution in [0.3, 0.4) is 0 Å². The second-order valence-electron chi connectivity index (χ2n) is 4.40. The Morgan fingerprint density at radius 2 is 2.37 bits per heavy atom. The second kappa shape index (κ2) is 6.10. The predicted molar refractivity (Wildman–Crippen MR) is 72.0 cm³/mol. The molecule has 0 aliphatic rings. The van der Waals surface area contributed by atoms with E-state index in [0.29, 0.717) is 12.1 Å². The highest BCUT2D eigenvalue weighted by Crippen LogP contribution is 2.05. The van der Waals surface area contributed by atoms with Gasteiger partial charge in [0.15, 0.2) is 0 Å². The molecule has 0 aliphatic heterocycles. The van der Waals surface area contributed by atoms with Gasteiger partial charge in [0, 0.05) is 31.2 Å². The zero-order valence-corrected chi connectivity index (χ0v) is 10.8. The average molecular weight is 259 g/mol. The molecule has 0 spiro atoms. The number of nitrogens with zero attached hydrogens (tertiary/aromatic N) is 3. The molecular formula is C13H17N5O. The molecule has 0 radical (unpaired) electrons. The van der Waals surface area contributed by atoms with Crippen molar-refractivity contribution in [2.75, 3.05) is 6.54 Å². The summed E-state index contributed by atoms with van der Waals surface area (Å²) in [5.74, 6) is 0.593. The van der Waals surface area contributed by atoms with Crippen molar-refractivity contribution in [3.63, 3.8) is 0 Å². The maximum atomic E-state index is 11.8. The summed E-state index contributed by atoms with van der Waals surface area (Å²) < 4.78 is 1.78. The topological polar surface area (TPSA) is 85.8 Å². The summed E-state index contributed by atoms with van der Waals surface area (Å²) in [6.07, 6.45) is 7.44. The summed E-state index contributed by atoms with van der Waals surface area (Å²) >= 11 is 0. The third-order valence-electron chi connectivity index (χ3n) is 2.66. The van der Waals surface area contributed by atoms with Crippen molar-refractivity contribution < 1.29 is 4.79 Å². The van der Waals surface area contributed by atoms with Crippen LogP contribution in [0.25, 0.3) is 5.82 Å². The van der Waals surface area contributed by atoms with Crippen molar-refractivity contribution in [2.24, 2.45) is 5.73 Å². The number of carbonyl (C=O) groups excluding carboxylic acids is 1. The van der Waals surface area contributed by atoms with Gasteiger partial charge in [0.1, 0.15) is 12.1 Å². The van der Waals surface area contributed by atoms with Crippen molar-refractivity contribution in [1.29, 1.82) is 0 Å². The van der Waals surface area contributed by atoms with Gasteiger partial charge in [-0.05, 0) is 25.5 Å². The lowest BCUT2D eigenvalue weighted by Crippen LogP contribution is -2.29. The molecule has 1 amide bonds. The number of nitrogens with two attached hydrogens (primary N) is 1. The first-order chi connectivity index (χ1) is 9.16. The van der Waals surface area contributed by atoms with Gasteiger partial charge >= 0.3 is 0 Å². The van der Waals surface area contributed by atoms with Crippen LogP contribution in [0, 0.1) is 0 Å². The summed E-state index contributed by atoms with van der Waals surface area (Å²) in [5, 5.41) is 2.81. The van der Waals surface area contributed by atoms with Gasteiger partial charge in [-0.15, -0.1) is 0 Å². The van der Waals surface area contributed by atoms with E-state index in [0.717, 1.165) is 12.2 Å². The minimum absolute atomic E-state index is 0.0852. The van der Waals surface area contributed by atoms with Gasteiger partial charge in [0.2, 0.25) is 0 Å². The number of hydrogen-bond acceptors (Lipinski definition) is 4. The molecular weight excluding hydrogens is 242 g/mol. The Kier molecular flexibility index (Phi) is 4.25. The fourth-order valence-electron chi connectivity index (χ4n) is 1.58. The van der Waals surface area contributed by atoms with Crippen LogP contribution in [-0.2, 0) is 0 Å². The van der Waals surface area contributed by atoms with Crippen LogP contribution < -0.4 is 11.1 Å². The Morgan fingerprint density at radius 3 is 2.95 bits per heavy atom. The van der Waals surface area contributed by atoms with Crippen LogP contribution in [-0.4, -0.2) is 33.0 Å². The smallest absolute Gasteiger partial charge is 0.252 e. The minimum atomic E-state index is -0.134. The average Bonchev–Trinajstić information content (AvgIpc) is 2.92. The van der Waals surface area contributed by atoms with Gasteiger partial charge in [0.25, 0.3) is 5.91 Å². The summed E-state index contributed by atoms with van der Waals surface area (Å²) in [4.78, 5) is 20.0. The van der Waals surface area contributed by atoms with Crippen LogP contribution >= 0.6 is 0 Å². The van der Waals surface area contributed by atoms with Crippen LogP contribution in [0.1, 0.15) is 23.7 Å². The highest BCUT2D eigenvalue weighted by Gasteiger charge is 2.06. The van der Waals surface area contributed by atoms with Gasteiger partial charge in [-0.1, -0.05) is 0 Å². The molecule has 2 aromatic rings. The molecule has 19 heavy (non-hydrogen) atoms. The molecule has 6 nitrogen and oxygen atoms in total. The molecule has 0 bridgehead atoms. The van der Waals surface area contributed by atoms with E-state index in [1.54, 1.807) is 41.6 Å². The van der Waals surface area contributed by atoms with Crippen molar-refractivity contribution in [3.8, 4) is 5.82 Å². The van der Waals surface area contributed by atoms with Gasteiger partial charge < -0.3 is 11.1 Å². The fraction of sp³-hybridized carbons (Fsp3) is 0.308. The molecule has 6 heteroatoms. The van der Waals surface area contributed by atoms with E-state index in [2.05, 4.69) is 15.3 Å². The predicted octanol–water partition coefficient (Wildman–Crippen LogP) is 0.734. The SMILES string of the molecule is CC(N)CCNC(=O)c1ccc(-n2ccnc2)nc1. The Balaban J connectivity index is 1.96. The van der Waals surface area contributed by atoms with Crippen LogP contribution in [0.15, 0.2) is 37.1 Å². The summed E-state index contributed by atoms with van der Waals surface area (Å²) in [5.41, 5.74) is 6.15. The summed E-state index contributed by atoms with van der Waals surface area (Å²) in [6.45, 7) is 2.48. The van der Waals surface area contributed by atoms with E-state index >= 15 is 0 Å². The lowest BCUT2D eigenvalue weighted by molar-refractivity contribution is 0.0952. The number of aromatic nitrogens is 3. The largest absolute Gasteiger partial charge is 0.352 e. The Morgan fingerprint density at radius 1 is 1.53 bits per heavy atom. The quantitative estimate of drug-likeness (QED) is 0.829. The number of rotatable bonds is 5. The first-order valence-electron chi connectivity index (χ1n) is 6.15. The Hall–Kier alpha value is -2.21. The third kappa shape index (κ3) is 3.62. The van der Waals surface area contributed by atoms with Crippen molar-refractivity contribution in [1.82, 2.24) is 19.9 Å². The van der Waals surface area contributed by atoms with E-state index < -0.39 is 0 Å².